The Morgan fingerprint density at radius 1 is 1.09 bits per heavy atom. The summed E-state index contributed by atoms with van der Waals surface area (Å²) in [6, 6.07) is 10.6. The summed E-state index contributed by atoms with van der Waals surface area (Å²) in [5.41, 5.74) is 1.02. The number of nitriles is 1. The molecule has 23 heavy (non-hydrogen) atoms. The summed E-state index contributed by atoms with van der Waals surface area (Å²) in [6.45, 7) is 5.28. The van der Waals surface area contributed by atoms with Crippen LogP contribution in [0.1, 0.15) is 32.3 Å². The van der Waals surface area contributed by atoms with Crippen molar-refractivity contribution in [3.8, 4) is 28.8 Å². The molecule has 5 heteroatoms. The Labute approximate surface area is 135 Å². The van der Waals surface area contributed by atoms with Crippen molar-refractivity contribution in [2.24, 2.45) is 0 Å². The van der Waals surface area contributed by atoms with E-state index in [0.29, 0.717) is 24.7 Å². The van der Waals surface area contributed by atoms with Gasteiger partial charge in [0.05, 0.1) is 18.9 Å². The molecule has 0 aliphatic carbocycles. The third kappa shape index (κ3) is 4.13. The Balaban J connectivity index is 2.45. The first kappa shape index (κ1) is 16.6. The van der Waals surface area contributed by atoms with Gasteiger partial charge in [-0.15, -0.1) is 0 Å². The maximum absolute atomic E-state index is 11.9. The van der Waals surface area contributed by atoms with E-state index in [1.807, 2.05) is 38.1 Å². The van der Waals surface area contributed by atoms with E-state index in [0.717, 1.165) is 24.2 Å². The van der Waals surface area contributed by atoms with Crippen LogP contribution in [0.15, 0.2) is 35.1 Å². The fourth-order valence-electron chi connectivity index (χ4n) is 2.09. The predicted octanol–water partition coefficient (Wildman–Crippen LogP) is 3.49. The molecule has 0 spiro atoms. The fourth-order valence-corrected chi connectivity index (χ4v) is 2.09. The van der Waals surface area contributed by atoms with Crippen molar-refractivity contribution in [2.45, 2.75) is 26.7 Å². The van der Waals surface area contributed by atoms with Gasteiger partial charge in [0.1, 0.15) is 23.1 Å². The fraction of sp³-hybridized carbons (Fsp3) is 0.333. The molecule has 0 amide bonds. The molecule has 2 aromatic rings. The smallest absolute Gasteiger partial charge is 0.266 e. The van der Waals surface area contributed by atoms with Crippen molar-refractivity contribution in [3.05, 3.63) is 46.2 Å². The highest BCUT2D eigenvalue weighted by Gasteiger charge is 2.11. The maximum Gasteiger partial charge on any atom is 0.266 e. The molecule has 120 valence electrons. The predicted molar refractivity (Wildman–Crippen MR) is 88.8 cm³/mol. The van der Waals surface area contributed by atoms with Crippen LogP contribution in [0.2, 0.25) is 0 Å². The Morgan fingerprint density at radius 2 is 1.83 bits per heavy atom. The number of hydrogen-bond acceptors (Lipinski definition) is 4. The van der Waals surface area contributed by atoms with Crippen molar-refractivity contribution >= 4 is 0 Å². The van der Waals surface area contributed by atoms with E-state index in [9.17, 15) is 4.79 Å². The monoisotopic (exact) mass is 312 g/mol. The van der Waals surface area contributed by atoms with Crippen LogP contribution in [0.25, 0.3) is 11.3 Å². The molecule has 0 radical (unpaired) electrons. The van der Waals surface area contributed by atoms with Gasteiger partial charge in [-0.1, -0.05) is 13.8 Å². The molecule has 0 saturated heterocycles. The molecule has 1 aromatic carbocycles. The lowest BCUT2D eigenvalue weighted by atomic mass is 10.1. The number of hydrogen-bond donors (Lipinski definition) is 1. The second-order valence-electron chi connectivity index (χ2n) is 5.08. The van der Waals surface area contributed by atoms with Crippen LogP contribution in [-0.2, 0) is 0 Å². The largest absolute Gasteiger partial charge is 0.494 e. The van der Waals surface area contributed by atoms with Gasteiger partial charge >= 0.3 is 0 Å². The molecule has 0 aliphatic heterocycles. The van der Waals surface area contributed by atoms with Gasteiger partial charge in [-0.3, -0.25) is 4.79 Å². The summed E-state index contributed by atoms with van der Waals surface area (Å²) in [5.74, 6) is 1.40. The number of aromatic nitrogens is 1. The SMILES string of the molecule is CCCOc1ccc(OCCC)c(-c2ccc(C#N)c(=O)[nH]2)c1. The first-order valence-electron chi connectivity index (χ1n) is 7.73. The van der Waals surface area contributed by atoms with E-state index in [4.69, 9.17) is 14.7 Å². The lowest BCUT2D eigenvalue weighted by Crippen LogP contribution is -2.10. The van der Waals surface area contributed by atoms with Crippen LogP contribution in [0.5, 0.6) is 11.5 Å². The number of H-pyrrole nitrogens is 1. The van der Waals surface area contributed by atoms with Crippen LogP contribution >= 0.6 is 0 Å². The summed E-state index contributed by atoms with van der Waals surface area (Å²) in [6.07, 6.45) is 1.80. The van der Waals surface area contributed by atoms with Crippen LogP contribution in [0.4, 0.5) is 0 Å². The molecule has 0 fully saturated rings. The zero-order chi connectivity index (χ0) is 16.7. The average Bonchev–Trinajstić information content (AvgIpc) is 2.58. The van der Waals surface area contributed by atoms with Gasteiger partial charge in [-0.05, 0) is 43.2 Å². The van der Waals surface area contributed by atoms with Crippen LogP contribution in [0, 0.1) is 11.3 Å². The zero-order valence-electron chi connectivity index (χ0n) is 13.4. The van der Waals surface area contributed by atoms with Gasteiger partial charge in [0.15, 0.2) is 0 Å². The van der Waals surface area contributed by atoms with E-state index in [1.165, 1.54) is 6.07 Å². The summed E-state index contributed by atoms with van der Waals surface area (Å²) in [4.78, 5) is 14.6. The van der Waals surface area contributed by atoms with E-state index >= 15 is 0 Å². The number of benzene rings is 1. The number of aromatic amines is 1. The molecule has 5 nitrogen and oxygen atoms in total. The van der Waals surface area contributed by atoms with Gasteiger partial charge in [0.25, 0.3) is 5.56 Å². The topological polar surface area (TPSA) is 75.1 Å². The van der Waals surface area contributed by atoms with E-state index in [2.05, 4.69) is 4.98 Å². The Bertz CT molecular complexity index is 760. The third-order valence-corrected chi connectivity index (χ3v) is 3.21. The van der Waals surface area contributed by atoms with Crippen molar-refractivity contribution in [1.82, 2.24) is 4.98 Å². The number of nitrogens with zero attached hydrogens (tertiary/aromatic N) is 1. The summed E-state index contributed by atoms with van der Waals surface area (Å²) < 4.78 is 11.4. The highest BCUT2D eigenvalue weighted by Crippen LogP contribution is 2.32. The average molecular weight is 312 g/mol. The van der Waals surface area contributed by atoms with E-state index in [1.54, 1.807) is 6.07 Å². The first-order chi connectivity index (χ1) is 11.2. The van der Waals surface area contributed by atoms with Crippen molar-refractivity contribution in [1.29, 1.82) is 5.26 Å². The molecule has 1 heterocycles. The molecular weight excluding hydrogens is 292 g/mol. The van der Waals surface area contributed by atoms with Crippen molar-refractivity contribution < 1.29 is 9.47 Å². The number of ether oxygens (including phenoxy) is 2. The quantitative estimate of drug-likeness (QED) is 0.849. The molecule has 0 unspecified atom stereocenters. The zero-order valence-corrected chi connectivity index (χ0v) is 13.4. The molecule has 0 saturated carbocycles. The highest BCUT2D eigenvalue weighted by molar-refractivity contribution is 5.69. The summed E-state index contributed by atoms with van der Waals surface area (Å²) in [7, 11) is 0. The number of nitrogens with one attached hydrogen (secondary N) is 1. The standard InChI is InChI=1S/C18H20N2O3/c1-3-9-22-14-6-8-17(23-10-4-2)15(11-14)16-7-5-13(12-19)18(21)20-16/h5-8,11H,3-4,9-10H2,1-2H3,(H,20,21). The molecular formula is C18H20N2O3. The van der Waals surface area contributed by atoms with Crippen LogP contribution in [0.3, 0.4) is 0 Å². The van der Waals surface area contributed by atoms with E-state index < -0.39 is 5.56 Å². The summed E-state index contributed by atoms with van der Waals surface area (Å²) >= 11 is 0. The van der Waals surface area contributed by atoms with E-state index in [-0.39, 0.29) is 5.56 Å². The molecule has 1 N–H and O–H groups in total. The minimum atomic E-state index is -0.411. The molecule has 2 rings (SSSR count). The lowest BCUT2D eigenvalue weighted by molar-refractivity contribution is 0.309. The maximum atomic E-state index is 11.9. The lowest BCUT2D eigenvalue weighted by Gasteiger charge is -2.13. The van der Waals surface area contributed by atoms with Gasteiger partial charge in [0.2, 0.25) is 0 Å². The molecule has 1 aromatic heterocycles. The highest BCUT2D eigenvalue weighted by atomic mass is 16.5. The van der Waals surface area contributed by atoms with Crippen LogP contribution < -0.4 is 15.0 Å². The van der Waals surface area contributed by atoms with Crippen molar-refractivity contribution in [3.63, 3.8) is 0 Å². The van der Waals surface area contributed by atoms with Crippen molar-refractivity contribution in [2.75, 3.05) is 13.2 Å². The van der Waals surface area contributed by atoms with Crippen LogP contribution in [-0.4, -0.2) is 18.2 Å². The van der Waals surface area contributed by atoms with Gasteiger partial charge in [-0.2, -0.15) is 5.26 Å². The molecule has 0 atom stereocenters. The number of pyridine rings is 1. The Hall–Kier alpha value is -2.74. The van der Waals surface area contributed by atoms with Gasteiger partial charge < -0.3 is 14.5 Å². The minimum Gasteiger partial charge on any atom is -0.494 e. The molecule has 0 aliphatic rings. The number of rotatable bonds is 7. The second-order valence-corrected chi connectivity index (χ2v) is 5.08. The third-order valence-electron chi connectivity index (χ3n) is 3.21. The first-order valence-corrected chi connectivity index (χ1v) is 7.73. The van der Waals surface area contributed by atoms with Gasteiger partial charge in [0, 0.05) is 5.56 Å². The molecule has 0 bridgehead atoms. The Kier molecular flexibility index (Phi) is 5.81. The normalized spacial score (nSPS) is 10.1. The second kappa shape index (κ2) is 8.04. The van der Waals surface area contributed by atoms with Gasteiger partial charge in [-0.25, -0.2) is 0 Å². The Morgan fingerprint density at radius 3 is 2.48 bits per heavy atom. The minimum absolute atomic E-state index is 0.0863. The summed E-state index contributed by atoms with van der Waals surface area (Å²) in [5, 5.41) is 8.88.